The molecule has 0 aliphatic carbocycles. The minimum Gasteiger partial charge on any atom is -0.493 e. The van der Waals surface area contributed by atoms with Crippen molar-refractivity contribution in [2.45, 2.75) is 45.1 Å². The molecule has 8 nitrogen and oxygen atoms in total. The number of hydrogen-bond acceptors (Lipinski definition) is 6. The molecule has 0 radical (unpaired) electrons. The zero-order valence-corrected chi connectivity index (χ0v) is 23.1. The summed E-state index contributed by atoms with van der Waals surface area (Å²) >= 11 is 0. The third-order valence-corrected chi connectivity index (χ3v) is 6.45. The monoisotopic (exact) mass is 556 g/mol. The van der Waals surface area contributed by atoms with Gasteiger partial charge in [0.05, 0.1) is 18.7 Å². The molecule has 1 aromatic heterocycles. The Morgan fingerprint density at radius 2 is 1.46 bits per heavy atom. The molecule has 1 heterocycles. The van der Waals surface area contributed by atoms with Crippen molar-refractivity contribution in [1.82, 2.24) is 9.88 Å². The molecule has 8 heteroatoms. The van der Waals surface area contributed by atoms with Crippen LogP contribution in [0.1, 0.15) is 54.1 Å². The maximum absolute atomic E-state index is 13.8. The van der Waals surface area contributed by atoms with Crippen LogP contribution in [0.25, 0.3) is 11.1 Å². The first kappa shape index (κ1) is 31.0. The Balaban J connectivity index is 0.00000147. The van der Waals surface area contributed by atoms with Gasteiger partial charge >= 0.3 is 0 Å². The molecule has 214 valence electrons. The van der Waals surface area contributed by atoms with Crippen LogP contribution in [-0.2, 0) is 17.3 Å². The number of hydrogen-bond donors (Lipinski definition) is 3. The van der Waals surface area contributed by atoms with E-state index in [1.165, 1.54) is 0 Å². The van der Waals surface area contributed by atoms with Gasteiger partial charge in [0.15, 0.2) is 0 Å². The molecule has 0 fully saturated rings. The second-order valence-corrected chi connectivity index (χ2v) is 9.34. The molecule has 0 spiro atoms. The van der Waals surface area contributed by atoms with Gasteiger partial charge in [-0.15, -0.1) is 0 Å². The number of pyridine rings is 1. The van der Waals surface area contributed by atoms with Crippen LogP contribution in [0.15, 0.2) is 103 Å². The summed E-state index contributed by atoms with van der Waals surface area (Å²) < 4.78 is 5.96. The molecule has 1 amide bonds. The Morgan fingerprint density at radius 3 is 2.12 bits per heavy atom. The van der Waals surface area contributed by atoms with Crippen molar-refractivity contribution < 1.29 is 29.6 Å². The fourth-order valence-corrected chi connectivity index (χ4v) is 4.32. The first-order chi connectivity index (χ1) is 19.9. The van der Waals surface area contributed by atoms with Gasteiger partial charge in [-0.3, -0.25) is 19.5 Å². The molecule has 4 rings (SSSR count). The highest BCUT2D eigenvalue weighted by molar-refractivity contribution is 5.95. The van der Waals surface area contributed by atoms with Gasteiger partial charge in [-0.25, -0.2) is 0 Å². The van der Waals surface area contributed by atoms with Crippen molar-refractivity contribution in [3.8, 4) is 16.9 Å². The molecule has 0 bridgehead atoms. The minimum atomic E-state index is -2.61. The summed E-state index contributed by atoms with van der Waals surface area (Å²) in [5.41, 5.74) is 3.13. The number of para-hydroxylation sites is 1. The quantitative estimate of drug-likeness (QED) is 0.114. The summed E-state index contributed by atoms with van der Waals surface area (Å²) in [5.74, 6) is -2.79. The summed E-state index contributed by atoms with van der Waals surface area (Å²) in [4.78, 5) is 27.3. The molecule has 3 N–H and O–H groups in total. The number of amides is 1. The molecule has 0 saturated carbocycles. The van der Waals surface area contributed by atoms with E-state index in [0.29, 0.717) is 17.9 Å². The standard InChI is InChI=1S/C32H34N2O4.CH2O2/c1-2-3-4-10-23-38-30-14-9-8-13-29(30)32(36,37)34(24-25-11-6-5-7-12-25)31(35)28-17-15-26(16-18-28)27-19-21-33-22-20-27;2-1-3/h5-9,11-22,36-37H,2-4,10,23-24H2,1H3;1H,(H,2,3). The van der Waals surface area contributed by atoms with E-state index in [9.17, 15) is 15.0 Å². The normalized spacial score (nSPS) is 10.7. The fourth-order valence-electron chi connectivity index (χ4n) is 4.32. The number of carbonyl (C=O) groups is 2. The van der Waals surface area contributed by atoms with Gasteiger partial charge in [0, 0.05) is 18.0 Å². The fraction of sp³-hybridized carbons (Fsp3) is 0.242. The van der Waals surface area contributed by atoms with E-state index in [4.69, 9.17) is 14.6 Å². The van der Waals surface area contributed by atoms with Crippen LogP contribution in [0.5, 0.6) is 5.75 Å². The van der Waals surface area contributed by atoms with Crippen LogP contribution in [0.4, 0.5) is 0 Å². The lowest BCUT2D eigenvalue weighted by Crippen LogP contribution is -2.49. The predicted octanol–water partition coefficient (Wildman–Crippen LogP) is 5.85. The summed E-state index contributed by atoms with van der Waals surface area (Å²) in [6.45, 7) is 2.34. The molecule has 0 aliphatic rings. The Bertz CT molecular complexity index is 1350. The number of rotatable bonds is 12. The number of aliphatic hydroxyl groups is 2. The number of nitrogens with zero attached hydrogens (tertiary/aromatic N) is 2. The number of aromatic nitrogens is 1. The molecular formula is C33H36N2O6. The second-order valence-electron chi connectivity index (χ2n) is 9.34. The molecule has 41 heavy (non-hydrogen) atoms. The van der Waals surface area contributed by atoms with Gasteiger partial charge in [-0.2, -0.15) is 0 Å². The minimum absolute atomic E-state index is 0.0103. The van der Waals surface area contributed by atoms with E-state index in [2.05, 4.69) is 11.9 Å². The molecule has 3 aromatic carbocycles. The first-order valence-electron chi connectivity index (χ1n) is 13.5. The van der Waals surface area contributed by atoms with Crippen LogP contribution in [0.3, 0.4) is 0 Å². The number of ether oxygens (including phenoxy) is 1. The van der Waals surface area contributed by atoms with Gasteiger partial charge in [-0.1, -0.05) is 80.8 Å². The van der Waals surface area contributed by atoms with Gasteiger partial charge in [0.25, 0.3) is 18.3 Å². The van der Waals surface area contributed by atoms with E-state index >= 15 is 0 Å². The third-order valence-electron chi connectivity index (χ3n) is 6.45. The number of carboxylic acid groups (broad SMARTS) is 1. The largest absolute Gasteiger partial charge is 0.493 e. The van der Waals surface area contributed by atoms with Crippen LogP contribution in [0.2, 0.25) is 0 Å². The van der Waals surface area contributed by atoms with Crippen LogP contribution in [0, 0.1) is 0 Å². The van der Waals surface area contributed by atoms with E-state index in [0.717, 1.165) is 47.3 Å². The highest BCUT2D eigenvalue weighted by Crippen LogP contribution is 2.34. The van der Waals surface area contributed by atoms with Crippen molar-refractivity contribution in [3.63, 3.8) is 0 Å². The molecule has 0 atom stereocenters. The summed E-state index contributed by atoms with van der Waals surface area (Å²) in [5, 5.41) is 30.0. The maximum Gasteiger partial charge on any atom is 0.290 e. The molecule has 0 unspecified atom stereocenters. The number of unbranched alkanes of at least 4 members (excludes halogenated alkanes) is 3. The topological polar surface area (TPSA) is 120 Å². The Kier molecular flexibility index (Phi) is 12.0. The third kappa shape index (κ3) is 8.73. The van der Waals surface area contributed by atoms with Gasteiger partial charge in [0.2, 0.25) is 0 Å². The van der Waals surface area contributed by atoms with E-state index in [-0.39, 0.29) is 18.6 Å². The zero-order chi connectivity index (χ0) is 29.5. The Morgan fingerprint density at radius 1 is 0.854 bits per heavy atom. The summed E-state index contributed by atoms with van der Waals surface area (Å²) in [6.07, 6.45) is 7.57. The number of benzene rings is 3. The smallest absolute Gasteiger partial charge is 0.290 e. The highest BCUT2D eigenvalue weighted by atomic mass is 16.5. The second kappa shape index (κ2) is 15.9. The summed E-state index contributed by atoms with van der Waals surface area (Å²) in [7, 11) is 0. The van der Waals surface area contributed by atoms with Crippen molar-refractivity contribution in [3.05, 3.63) is 120 Å². The van der Waals surface area contributed by atoms with Crippen LogP contribution in [-0.4, -0.2) is 44.2 Å². The SMILES string of the molecule is CCCCCCOc1ccccc1C(O)(O)N(Cc1ccccc1)C(=O)c1ccc(-c2ccncc2)cc1.O=CO. The van der Waals surface area contributed by atoms with Gasteiger partial charge in [-0.05, 0) is 59.5 Å². The van der Waals surface area contributed by atoms with Crippen LogP contribution < -0.4 is 4.74 Å². The Labute approximate surface area is 240 Å². The molecule has 0 aliphatic heterocycles. The average Bonchev–Trinajstić information content (AvgIpc) is 3.01. The predicted molar refractivity (Wildman–Crippen MR) is 157 cm³/mol. The molecule has 4 aromatic rings. The Hall–Kier alpha value is -4.53. The van der Waals surface area contributed by atoms with Gasteiger partial charge in [0.1, 0.15) is 5.75 Å². The number of carbonyl (C=O) groups excluding carboxylic acids is 1. The molecule has 0 saturated heterocycles. The summed E-state index contributed by atoms with van der Waals surface area (Å²) in [6, 6.07) is 26.9. The highest BCUT2D eigenvalue weighted by Gasteiger charge is 2.40. The van der Waals surface area contributed by atoms with Crippen molar-refractivity contribution >= 4 is 12.4 Å². The first-order valence-corrected chi connectivity index (χ1v) is 13.5. The van der Waals surface area contributed by atoms with Gasteiger partial charge < -0.3 is 20.1 Å². The van der Waals surface area contributed by atoms with Crippen molar-refractivity contribution in [2.75, 3.05) is 6.61 Å². The molecular weight excluding hydrogens is 520 g/mol. The zero-order valence-electron chi connectivity index (χ0n) is 23.1. The van der Waals surface area contributed by atoms with Crippen molar-refractivity contribution in [2.24, 2.45) is 0 Å². The lowest BCUT2D eigenvalue weighted by Gasteiger charge is -2.36. The average molecular weight is 557 g/mol. The lowest BCUT2D eigenvalue weighted by molar-refractivity contribution is -0.259. The maximum atomic E-state index is 13.8. The van der Waals surface area contributed by atoms with Crippen LogP contribution >= 0.6 is 0 Å². The van der Waals surface area contributed by atoms with E-state index < -0.39 is 11.8 Å². The lowest BCUT2D eigenvalue weighted by atomic mass is 10.0. The van der Waals surface area contributed by atoms with E-state index in [1.807, 2.05) is 54.6 Å². The van der Waals surface area contributed by atoms with E-state index in [1.54, 1.807) is 48.8 Å². The van der Waals surface area contributed by atoms with Crippen molar-refractivity contribution in [1.29, 1.82) is 0 Å².